The Balaban J connectivity index is 1.76. The molecule has 0 fully saturated rings. The van der Waals surface area contributed by atoms with Crippen molar-refractivity contribution in [1.29, 1.82) is 0 Å². The van der Waals surface area contributed by atoms with E-state index >= 15 is 0 Å². The van der Waals surface area contributed by atoms with Gasteiger partial charge in [-0.25, -0.2) is 14.2 Å². The monoisotopic (exact) mass is 349 g/mol. The third-order valence-electron chi connectivity index (χ3n) is 3.44. The van der Waals surface area contributed by atoms with Gasteiger partial charge in [0.15, 0.2) is 11.6 Å². The van der Waals surface area contributed by atoms with Crippen LogP contribution in [-0.4, -0.2) is 41.6 Å². The normalized spacial score (nSPS) is 11.6. The van der Waals surface area contributed by atoms with Gasteiger partial charge in [-0.1, -0.05) is 12.1 Å². The van der Waals surface area contributed by atoms with Crippen molar-refractivity contribution < 1.29 is 23.5 Å². The number of carbonyl (C=O) groups is 2. The zero-order chi connectivity index (χ0) is 18.1. The fraction of sp³-hybridized carbons (Fsp3) is 0.353. The molecule has 1 aromatic carbocycles. The summed E-state index contributed by atoms with van der Waals surface area (Å²) < 4.78 is 23.4. The van der Waals surface area contributed by atoms with Crippen molar-refractivity contribution >= 4 is 11.9 Å². The van der Waals surface area contributed by atoms with E-state index in [4.69, 9.17) is 9.47 Å². The Hall–Kier alpha value is -2.90. The predicted molar refractivity (Wildman–Crippen MR) is 87.4 cm³/mol. The Morgan fingerprint density at radius 2 is 2.16 bits per heavy atom. The lowest BCUT2D eigenvalue weighted by Gasteiger charge is -2.15. The van der Waals surface area contributed by atoms with Crippen LogP contribution in [0, 0.1) is 5.82 Å². The second-order valence-electron chi connectivity index (χ2n) is 5.31. The standard InChI is InChI=1S/C17H20FN3O4/c1-24-17(23)14(9-12-10-19-11-20-12)21-16(22)7-4-8-25-15-6-3-2-5-13(15)18/h2-3,5-6,10-11,14H,4,7-9H2,1H3,(H,19,20)(H,21,22)/t14-/m0/s1. The third kappa shape index (κ3) is 5.91. The summed E-state index contributed by atoms with van der Waals surface area (Å²) in [5, 5.41) is 2.63. The van der Waals surface area contributed by atoms with Crippen LogP contribution < -0.4 is 10.1 Å². The molecule has 25 heavy (non-hydrogen) atoms. The number of rotatable bonds is 9. The summed E-state index contributed by atoms with van der Waals surface area (Å²) in [4.78, 5) is 30.5. The highest BCUT2D eigenvalue weighted by molar-refractivity contribution is 5.84. The molecular formula is C17H20FN3O4. The number of imidazole rings is 1. The Kier molecular flexibility index (Phi) is 6.94. The molecule has 0 radical (unpaired) electrons. The maximum atomic E-state index is 13.4. The second kappa shape index (κ2) is 9.41. The number of carbonyl (C=O) groups excluding carboxylic acids is 2. The molecule has 0 saturated carbocycles. The summed E-state index contributed by atoms with van der Waals surface area (Å²) in [5.74, 6) is -1.15. The number of aromatic nitrogens is 2. The summed E-state index contributed by atoms with van der Waals surface area (Å²) in [5.41, 5.74) is 0.707. The van der Waals surface area contributed by atoms with Crippen molar-refractivity contribution in [2.75, 3.05) is 13.7 Å². The zero-order valence-electron chi connectivity index (χ0n) is 13.8. The van der Waals surface area contributed by atoms with Crippen LogP contribution in [0.4, 0.5) is 4.39 Å². The minimum absolute atomic E-state index is 0.144. The van der Waals surface area contributed by atoms with Crippen LogP contribution in [0.1, 0.15) is 18.5 Å². The van der Waals surface area contributed by atoms with Crippen molar-refractivity contribution in [3.05, 3.63) is 48.3 Å². The molecule has 1 aromatic heterocycles. The number of H-pyrrole nitrogens is 1. The number of benzene rings is 1. The second-order valence-corrected chi connectivity index (χ2v) is 5.31. The first-order valence-electron chi connectivity index (χ1n) is 7.82. The largest absolute Gasteiger partial charge is 0.491 e. The molecule has 2 aromatic rings. The first kappa shape index (κ1) is 18.4. The molecule has 7 nitrogen and oxygen atoms in total. The van der Waals surface area contributed by atoms with E-state index in [1.807, 2.05) is 0 Å². The molecule has 0 bridgehead atoms. The zero-order valence-corrected chi connectivity index (χ0v) is 13.8. The maximum absolute atomic E-state index is 13.4. The molecule has 1 amide bonds. The van der Waals surface area contributed by atoms with Crippen LogP contribution in [0.3, 0.4) is 0 Å². The van der Waals surface area contributed by atoms with Crippen LogP contribution >= 0.6 is 0 Å². The van der Waals surface area contributed by atoms with Gasteiger partial charge < -0.3 is 19.8 Å². The summed E-state index contributed by atoms with van der Waals surface area (Å²) >= 11 is 0. The van der Waals surface area contributed by atoms with Gasteiger partial charge in [-0.15, -0.1) is 0 Å². The number of amides is 1. The summed E-state index contributed by atoms with van der Waals surface area (Å²) in [6, 6.07) is 5.26. The van der Waals surface area contributed by atoms with E-state index in [1.165, 1.54) is 25.6 Å². The van der Waals surface area contributed by atoms with Gasteiger partial charge in [0.1, 0.15) is 6.04 Å². The van der Waals surface area contributed by atoms with Gasteiger partial charge in [-0.3, -0.25) is 4.79 Å². The number of hydrogen-bond donors (Lipinski definition) is 2. The number of ether oxygens (including phenoxy) is 2. The average molecular weight is 349 g/mol. The molecule has 0 saturated heterocycles. The van der Waals surface area contributed by atoms with Gasteiger partial charge in [0.05, 0.1) is 20.0 Å². The number of nitrogens with one attached hydrogen (secondary N) is 2. The Bertz CT molecular complexity index is 691. The lowest BCUT2D eigenvalue weighted by Crippen LogP contribution is -2.43. The number of nitrogens with zero attached hydrogens (tertiary/aromatic N) is 1. The SMILES string of the molecule is COC(=O)[C@H](Cc1cnc[nH]1)NC(=O)CCCOc1ccccc1F. The highest BCUT2D eigenvalue weighted by Gasteiger charge is 2.22. The number of esters is 1. The predicted octanol–water partition coefficient (Wildman–Crippen LogP) is 1.61. The number of methoxy groups -OCH3 is 1. The van der Waals surface area contributed by atoms with Crippen LogP contribution in [0.2, 0.25) is 0 Å². The van der Waals surface area contributed by atoms with E-state index in [1.54, 1.807) is 18.3 Å². The van der Waals surface area contributed by atoms with Gasteiger partial charge >= 0.3 is 5.97 Å². The number of hydrogen-bond acceptors (Lipinski definition) is 5. The number of aromatic amines is 1. The minimum Gasteiger partial charge on any atom is -0.491 e. The smallest absolute Gasteiger partial charge is 0.328 e. The lowest BCUT2D eigenvalue weighted by atomic mass is 10.1. The third-order valence-corrected chi connectivity index (χ3v) is 3.44. The van der Waals surface area contributed by atoms with Gasteiger partial charge in [0, 0.05) is 24.7 Å². The first-order chi connectivity index (χ1) is 12.1. The molecule has 0 unspecified atom stereocenters. The molecule has 134 valence electrons. The topological polar surface area (TPSA) is 93.3 Å². The van der Waals surface area contributed by atoms with E-state index in [0.29, 0.717) is 12.1 Å². The quantitative estimate of drug-likeness (QED) is 0.530. The molecule has 0 aliphatic rings. The van der Waals surface area contributed by atoms with Crippen LogP contribution in [0.25, 0.3) is 0 Å². The first-order valence-corrected chi connectivity index (χ1v) is 7.82. The van der Waals surface area contributed by atoms with Crippen molar-refractivity contribution in [1.82, 2.24) is 15.3 Å². The molecule has 0 spiro atoms. The van der Waals surface area contributed by atoms with E-state index in [9.17, 15) is 14.0 Å². The Labute approximate surface area is 144 Å². The highest BCUT2D eigenvalue weighted by Crippen LogP contribution is 2.15. The van der Waals surface area contributed by atoms with E-state index in [2.05, 4.69) is 15.3 Å². The summed E-state index contributed by atoms with van der Waals surface area (Å²) in [7, 11) is 1.26. The number of halogens is 1. The minimum atomic E-state index is -0.801. The fourth-order valence-corrected chi connectivity index (χ4v) is 2.19. The summed E-state index contributed by atoms with van der Waals surface area (Å²) in [6.07, 6.45) is 3.85. The number of para-hydroxylation sites is 1. The summed E-state index contributed by atoms with van der Waals surface area (Å²) in [6.45, 7) is 0.192. The molecular weight excluding hydrogens is 329 g/mol. The van der Waals surface area contributed by atoms with Crippen molar-refractivity contribution in [2.24, 2.45) is 0 Å². The molecule has 0 aliphatic heterocycles. The van der Waals surface area contributed by atoms with Crippen molar-refractivity contribution in [3.63, 3.8) is 0 Å². The van der Waals surface area contributed by atoms with Gasteiger partial charge in [0.2, 0.25) is 5.91 Å². The van der Waals surface area contributed by atoms with Gasteiger partial charge in [-0.2, -0.15) is 0 Å². The van der Waals surface area contributed by atoms with Crippen LogP contribution in [0.5, 0.6) is 5.75 Å². The molecule has 1 heterocycles. The van der Waals surface area contributed by atoms with E-state index in [-0.39, 0.29) is 31.1 Å². The molecule has 0 aliphatic carbocycles. The van der Waals surface area contributed by atoms with Gasteiger partial charge in [0.25, 0.3) is 0 Å². The Morgan fingerprint density at radius 1 is 1.36 bits per heavy atom. The van der Waals surface area contributed by atoms with Gasteiger partial charge in [-0.05, 0) is 18.6 Å². The Morgan fingerprint density at radius 3 is 2.84 bits per heavy atom. The highest BCUT2D eigenvalue weighted by atomic mass is 19.1. The van der Waals surface area contributed by atoms with Crippen molar-refractivity contribution in [2.45, 2.75) is 25.3 Å². The van der Waals surface area contributed by atoms with Crippen LogP contribution in [-0.2, 0) is 20.7 Å². The van der Waals surface area contributed by atoms with E-state index < -0.39 is 17.8 Å². The fourth-order valence-electron chi connectivity index (χ4n) is 2.19. The average Bonchev–Trinajstić information content (AvgIpc) is 3.12. The van der Waals surface area contributed by atoms with E-state index in [0.717, 1.165) is 0 Å². The molecule has 1 atom stereocenters. The molecule has 8 heteroatoms. The van der Waals surface area contributed by atoms with Crippen molar-refractivity contribution in [3.8, 4) is 5.75 Å². The molecule has 2 N–H and O–H groups in total. The lowest BCUT2D eigenvalue weighted by molar-refractivity contribution is -0.145. The molecule has 2 rings (SSSR count). The maximum Gasteiger partial charge on any atom is 0.328 e. The van der Waals surface area contributed by atoms with Crippen LogP contribution in [0.15, 0.2) is 36.8 Å².